The Hall–Kier alpha value is -3.55. The highest BCUT2D eigenvalue weighted by molar-refractivity contribution is 5.96. The maximum Gasteiger partial charge on any atom is 0.322 e. The van der Waals surface area contributed by atoms with Gasteiger partial charge >= 0.3 is 12.0 Å². The van der Waals surface area contributed by atoms with Crippen molar-refractivity contribution in [2.45, 2.75) is 31.8 Å². The fourth-order valence-corrected chi connectivity index (χ4v) is 3.96. The third kappa shape index (κ3) is 5.01. The minimum Gasteiger partial charge on any atom is -0.490 e. The van der Waals surface area contributed by atoms with Crippen LogP contribution < -0.4 is 10.1 Å². The van der Waals surface area contributed by atoms with Crippen LogP contribution >= 0.6 is 0 Å². The number of aryl methyl sites for hydroxylation is 1. The number of piperidine rings is 1. The van der Waals surface area contributed by atoms with Crippen LogP contribution in [-0.2, 0) is 16.0 Å². The van der Waals surface area contributed by atoms with Crippen LogP contribution in [0, 0.1) is 5.82 Å². The number of carbonyl (C=O) groups is 2. The standard InChI is InChI=1S/C24H26FN3O4/c1-31-22(29)11-10-20-19-4-2-3-5-21(19)26-23(20)27-24(30)28-14-12-18(13-15-28)32-17-8-6-16(25)7-9-17/h2-9,18,26H,10-15H2,1H3,(H,27,30). The lowest BCUT2D eigenvalue weighted by atomic mass is 10.1. The molecule has 0 spiro atoms. The number of nitrogens with one attached hydrogen (secondary N) is 2. The molecule has 0 atom stereocenters. The Morgan fingerprint density at radius 2 is 1.84 bits per heavy atom. The Kier molecular flexibility index (Phi) is 6.58. The molecule has 1 aliphatic heterocycles. The van der Waals surface area contributed by atoms with Crippen molar-refractivity contribution >= 4 is 28.7 Å². The highest BCUT2D eigenvalue weighted by Gasteiger charge is 2.25. The van der Waals surface area contributed by atoms with E-state index in [1.54, 1.807) is 17.0 Å². The molecule has 2 heterocycles. The van der Waals surface area contributed by atoms with Crippen LogP contribution in [0.3, 0.4) is 0 Å². The molecule has 1 aromatic heterocycles. The molecule has 2 aromatic carbocycles. The number of hydrogen-bond acceptors (Lipinski definition) is 4. The molecule has 0 unspecified atom stereocenters. The fourth-order valence-electron chi connectivity index (χ4n) is 3.96. The molecule has 1 fully saturated rings. The topological polar surface area (TPSA) is 83.7 Å². The molecule has 32 heavy (non-hydrogen) atoms. The summed E-state index contributed by atoms with van der Waals surface area (Å²) >= 11 is 0. The number of likely N-dealkylation sites (tertiary alicyclic amines) is 1. The molecule has 1 saturated heterocycles. The number of carbonyl (C=O) groups excluding carboxylic acids is 2. The summed E-state index contributed by atoms with van der Waals surface area (Å²) in [7, 11) is 1.36. The van der Waals surface area contributed by atoms with Gasteiger partial charge in [-0.15, -0.1) is 0 Å². The number of halogens is 1. The number of urea groups is 1. The zero-order valence-corrected chi connectivity index (χ0v) is 17.9. The number of ether oxygens (including phenoxy) is 2. The Balaban J connectivity index is 1.38. The Morgan fingerprint density at radius 1 is 1.12 bits per heavy atom. The number of hydrogen-bond donors (Lipinski definition) is 2. The smallest absolute Gasteiger partial charge is 0.322 e. The van der Waals surface area contributed by atoms with Gasteiger partial charge in [-0.05, 0) is 36.8 Å². The predicted octanol–water partition coefficient (Wildman–Crippen LogP) is 4.49. The van der Waals surface area contributed by atoms with Crippen molar-refractivity contribution < 1.29 is 23.5 Å². The number of aromatic amines is 1. The van der Waals surface area contributed by atoms with Crippen LogP contribution in [-0.4, -0.2) is 48.2 Å². The summed E-state index contributed by atoms with van der Waals surface area (Å²) in [5.74, 6) is 0.634. The Bertz CT molecular complexity index is 1090. The number of benzene rings is 2. The van der Waals surface area contributed by atoms with Crippen LogP contribution in [0.1, 0.15) is 24.8 Å². The largest absolute Gasteiger partial charge is 0.490 e. The van der Waals surface area contributed by atoms with Crippen molar-refractivity contribution in [1.82, 2.24) is 9.88 Å². The number of rotatable bonds is 6. The molecular formula is C24H26FN3O4. The number of para-hydroxylation sites is 1. The lowest BCUT2D eigenvalue weighted by Gasteiger charge is -2.32. The molecule has 168 valence electrons. The molecule has 3 aromatic rings. The van der Waals surface area contributed by atoms with Crippen molar-refractivity contribution in [3.8, 4) is 5.75 Å². The Morgan fingerprint density at radius 3 is 2.56 bits per heavy atom. The maximum atomic E-state index is 13.1. The molecule has 0 saturated carbocycles. The van der Waals surface area contributed by atoms with Crippen molar-refractivity contribution in [1.29, 1.82) is 0 Å². The number of amides is 2. The van der Waals surface area contributed by atoms with E-state index < -0.39 is 0 Å². The zero-order valence-electron chi connectivity index (χ0n) is 17.9. The lowest BCUT2D eigenvalue weighted by molar-refractivity contribution is -0.140. The van der Waals surface area contributed by atoms with Crippen LogP contribution in [0.15, 0.2) is 48.5 Å². The summed E-state index contributed by atoms with van der Waals surface area (Å²) in [6.45, 7) is 1.10. The molecule has 2 amide bonds. The van der Waals surface area contributed by atoms with Gasteiger partial charge in [-0.1, -0.05) is 18.2 Å². The first-order valence-corrected chi connectivity index (χ1v) is 10.7. The number of nitrogens with zero attached hydrogens (tertiary/aromatic N) is 1. The first-order chi connectivity index (χ1) is 15.5. The average molecular weight is 439 g/mol. The van der Waals surface area contributed by atoms with Crippen LogP contribution in [0.5, 0.6) is 5.75 Å². The summed E-state index contributed by atoms with van der Waals surface area (Å²) < 4.78 is 23.7. The SMILES string of the molecule is COC(=O)CCc1c(NC(=O)N2CCC(Oc3ccc(F)cc3)CC2)[nH]c2ccccc12. The van der Waals surface area contributed by atoms with E-state index >= 15 is 0 Å². The number of anilines is 1. The second-order valence-corrected chi connectivity index (χ2v) is 7.79. The highest BCUT2D eigenvalue weighted by atomic mass is 19.1. The second kappa shape index (κ2) is 9.72. The van der Waals surface area contributed by atoms with Crippen molar-refractivity contribution in [3.63, 3.8) is 0 Å². The third-order valence-electron chi connectivity index (χ3n) is 5.70. The van der Waals surface area contributed by atoms with Gasteiger partial charge in [0, 0.05) is 48.8 Å². The Labute approximate surface area is 185 Å². The van der Waals surface area contributed by atoms with E-state index in [0.29, 0.717) is 43.9 Å². The van der Waals surface area contributed by atoms with E-state index in [1.807, 2.05) is 24.3 Å². The quantitative estimate of drug-likeness (QED) is 0.555. The summed E-state index contributed by atoms with van der Waals surface area (Å²) in [6.07, 6.45) is 2.04. The first-order valence-electron chi connectivity index (χ1n) is 10.7. The van der Waals surface area contributed by atoms with Crippen molar-refractivity contribution in [2.75, 3.05) is 25.5 Å². The fraction of sp³-hybridized carbons (Fsp3) is 0.333. The van der Waals surface area contributed by atoms with Crippen LogP contribution in [0.4, 0.5) is 15.0 Å². The van der Waals surface area contributed by atoms with Gasteiger partial charge in [-0.2, -0.15) is 0 Å². The maximum absolute atomic E-state index is 13.1. The summed E-state index contributed by atoms with van der Waals surface area (Å²) in [4.78, 5) is 29.6. The number of H-pyrrole nitrogens is 1. The molecule has 1 aliphatic rings. The van der Waals surface area contributed by atoms with Crippen LogP contribution in [0.25, 0.3) is 10.9 Å². The van der Waals surface area contributed by atoms with Gasteiger partial charge in [-0.3, -0.25) is 10.1 Å². The van der Waals surface area contributed by atoms with Gasteiger partial charge in [0.2, 0.25) is 0 Å². The van der Waals surface area contributed by atoms with E-state index in [-0.39, 0.29) is 30.3 Å². The third-order valence-corrected chi connectivity index (χ3v) is 5.70. The second-order valence-electron chi connectivity index (χ2n) is 7.79. The molecule has 0 radical (unpaired) electrons. The molecule has 7 nitrogen and oxygen atoms in total. The number of fused-ring (bicyclic) bond motifs is 1. The summed E-state index contributed by atoms with van der Waals surface area (Å²) in [5.41, 5.74) is 1.78. The highest BCUT2D eigenvalue weighted by Crippen LogP contribution is 2.28. The van der Waals surface area contributed by atoms with Crippen LogP contribution in [0.2, 0.25) is 0 Å². The van der Waals surface area contributed by atoms with Gasteiger partial charge in [0.1, 0.15) is 23.5 Å². The van der Waals surface area contributed by atoms with Gasteiger partial charge in [0.15, 0.2) is 0 Å². The van der Waals surface area contributed by atoms with Crippen molar-refractivity contribution in [2.24, 2.45) is 0 Å². The van der Waals surface area contributed by atoms with E-state index in [2.05, 4.69) is 10.3 Å². The minimum atomic E-state index is -0.299. The van der Waals surface area contributed by atoms with E-state index in [4.69, 9.17) is 9.47 Å². The van der Waals surface area contributed by atoms with Gasteiger partial charge < -0.3 is 19.4 Å². The normalized spacial score (nSPS) is 14.4. The lowest BCUT2D eigenvalue weighted by Crippen LogP contribution is -2.43. The first kappa shape index (κ1) is 21.7. The van der Waals surface area contributed by atoms with Gasteiger partial charge in [0.25, 0.3) is 0 Å². The molecule has 2 N–H and O–H groups in total. The summed E-state index contributed by atoms with van der Waals surface area (Å²) in [5, 5.41) is 3.95. The van der Waals surface area contributed by atoms with E-state index in [0.717, 1.165) is 16.5 Å². The van der Waals surface area contributed by atoms with Crippen molar-refractivity contribution in [3.05, 3.63) is 59.9 Å². The monoisotopic (exact) mass is 439 g/mol. The van der Waals surface area contributed by atoms with Gasteiger partial charge in [-0.25, -0.2) is 9.18 Å². The summed E-state index contributed by atoms with van der Waals surface area (Å²) in [6, 6.07) is 13.5. The van der Waals surface area contributed by atoms with Gasteiger partial charge in [0.05, 0.1) is 7.11 Å². The molecule has 4 rings (SSSR count). The molecule has 0 bridgehead atoms. The number of methoxy groups -OCH3 is 1. The minimum absolute atomic E-state index is 0.0202. The number of esters is 1. The molecular weight excluding hydrogens is 413 g/mol. The molecule has 8 heteroatoms. The van der Waals surface area contributed by atoms with E-state index in [1.165, 1.54) is 19.2 Å². The average Bonchev–Trinajstić information content (AvgIpc) is 3.16. The molecule has 0 aliphatic carbocycles. The predicted molar refractivity (Wildman–Crippen MR) is 119 cm³/mol. The zero-order chi connectivity index (χ0) is 22.5. The number of aromatic nitrogens is 1. The van der Waals surface area contributed by atoms with E-state index in [9.17, 15) is 14.0 Å².